The summed E-state index contributed by atoms with van der Waals surface area (Å²) >= 11 is 36.3. The molecule has 624 valence electrons. The van der Waals surface area contributed by atoms with Gasteiger partial charge in [0, 0.05) is 150 Å². The molecular formula is C92H112Cl6N12O7. The van der Waals surface area contributed by atoms with E-state index in [-0.39, 0.29) is 89.4 Å². The number of morpholine rings is 1. The van der Waals surface area contributed by atoms with Crippen LogP contribution in [0.3, 0.4) is 0 Å². The number of ether oxygens (including phenoxy) is 1. The van der Waals surface area contributed by atoms with Gasteiger partial charge in [-0.15, -0.1) is 0 Å². The second-order valence-corrected chi connectivity index (χ2v) is 32.8. The van der Waals surface area contributed by atoms with Gasteiger partial charge in [0.05, 0.1) is 61.5 Å². The van der Waals surface area contributed by atoms with Gasteiger partial charge in [-0.2, -0.15) is 0 Å². The molecule has 6 amide bonds. The van der Waals surface area contributed by atoms with E-state index < -0.39 is 0 Å². The molecule has 0 unspecified atom stereocenters. The fraction of sp³-hybridized carbons (Fsp3) is 0.413. The molecule has 12 rings (SSSR count). The topological polar surface area (TPSA) is 221 Å². The summed E-state index contributed by atoms with van der Waals surface area (Å²) in [5.74, 6) is 0.544. The van der Waals surface area contributed by atoms with Crippen molar-refractivity contribution in [3.8, 4) is 0 Å². The van der Waals surface area contributed by atoms with Crippen molar-refractivity contribution in [1.29, 1.82) is 0 Å². The second-order valence-electron chi connectivity index (χ2n) is 30.3. The zero-order chi connectivity index (χ0) is 82.8. The maximum atomic E-state index is 13.8. The average molecular weight is 1710 g/mol. The lowest BCUT2D eigenvalue weighted by Crippen LogP contribution is -2.50. The molecule has 4 heterocycles. The maximum absolute atomic E-state index is 13.8. The third-order valence-corrected chi connectivity index (χ3v) is 24.4. The number of halogens is 6. The third-order valence-electron chi connectivity index (χ3n) is 22.2. The van der Waals surface area contributed by atoms with Gasteiger partial charge in [0.15, 0.2) is 0 Å². The molecule has 117 heavy (non-hydrogen) atoms. The van der Waals surface area contributed by atoms with E-state index in [1.807, 2.05) is 81.4 Å². The van der Waals surface area contributed by atoms with E-state index in [1.54, 1.807) is 54.6 Å². The predicted octanol–water partition coefficient (Wildman–Crippen LogP) is 15.8. The van der Waals surface area contributed by atoms with E-state index in [9.17, 15) is 28.8 Å². The van der Waals surface area contributed by atoms with Crippen molar-refractivity contribution in [3.05, 3.63) is 275 Å². The summed E-state index contributed by atoms with van der Waals surface area (Å²) < 4.78 is 5.48. The Morgan fingerprint density at radius 2 is 0.744 bits per heavy atom. The Hall–Kier alpha value is -8.12. The largest absolute Gasteiger partial charge is 0.385 e. The van der Waals surface area contributed by atoms with Crippen molar-refractivity contribution in [2.45, 2.75) is 139 Å². The van der Waals surface area contributed by atoms with E-state index in [0.29, 0.717) is 138 Å². The van der Waals surface area contributed by atoms with Crippen LogP contribution in [0.15, 0.2) is 206 Å². The summed E-state index contributed by atoms with van der Waals surface area (Å²) in [6.07, 6.45) is 7.10. The van der Waals surface area contributed by atoms with Crippen LogP contribution in [-0.2, 0) is 25.7 Å². The van der Waals surface area contributed by atoms with Crippen LogP contribution in [0.5, 0.6) is 0 Å². The number of hydrogen-bond acceptors (Lipinski definition) is 13. The normalized spacial score (nSPS) is 19.4. The van der Waals surface area contributed by atoms with Gasteiger partial charge in [-0.25, -0.2) is 0 Å². The Morgan fingerprint density at radius 3 is 1.09 bits per heavy atom. The first kappa shape index (κ1) is 91.2. The van der Waals surface area contributed by atoms with Crippen molar-refractivity contribution in [2.24, 2.45) is 0 Å². The summed E-state index contributed by atoms with van der Waals surface area (Å²) in [5.41, 5.74) is 7.36. The standard InChI is InChI=1S/C32H38Cl2N4O2.C31H36Cl2N4O2.C29H38Cl2N4O3/c1-2-24(25-11-7-4-8-12-25)22-38-18-16-27(21-36-31(39)26-13-14-28(33)29(34)19-26)37-30(32(38)40)15-17-35-20-23-9-5-3-6-10-23;1-2-22(23-9-5-3-6-10-23)21-37-18-16-26(20-35-30(38)24-13-14-27(32)28(33)19-24)36-29(31(37)39)15-17-34-25-11-7-4-8-12-25;1-2-21(22-6-4-3-5-7-22)20-35-13-10-24(19-32-28(36)23-8-9-25(30)26(31)18-23)33-27(29(35)37)11-12-34-14-16-38-17-15-34/h3-14,19,24,27,30,35,37H,2,15-18,20-22H2,1H3,(H,36,39);3-14,19,22,26,29,34,36H,2,15-18,20-21H2,1H3,(H,35,38);3-9,18,21,24,27,33H,2,10-17,19-20H2,1H3,(H,32,36)/t24-,27+,30+;22-,26+,29+;21-,24+,27+/m111/s1. The number of benzene rings is 8. The quantitative estimate of drug-likeness (QED) is 0.0180. The number of carbonyl (C=O) groups excluding carboxylic acids is 6. The lowest BCUT2D eigenvalue weighted by molar-refractivity contribution is -0.134. The number of amides is 6. The molecule has 0 saturated carbocycles. The van der Waals surface area contributed by atoms with Crippen molar-refractivity contribution in [1.82, 2.24) is 56.8 Å². The summed E-state index contributed by atoms with van der Waals surface area (Å²) in [6, 6.07) is 64.9. The summed E-state index contributed by atoms with van der Waals surface area (Å²) in [4.78, 5) is 88.1. The zero-order valence-electron chi connectivity index (χ0n) is 67.1. The number of nitrogens with one attached hydrogen (secondary N) is 8. The van der Waals surface area contributed by atoms with Crippen LogP contribution in [0.4, 0.5) is 5.69 Å². The first-order valence-electron chi connectivity index (χ1n) is 41.2. The van der Waals surface area contributed by atoms with Crippen molar-refractivity contribution in [3.63, 3.8) is 0 Å². The average Bonchev–Trinajstić information content (AvgIpc) is 1.24. The maximum Gasteiger partial charge on any atom is 0.251 e. The third kappa shape index (κ3) is 28.8. The van der Waals surface area contributed by atoms with E-state index in [2.05, 4.69) is 153 Å². The van der Waals surface area contributed by atoms with Gasteiger partial charge in [0.1, 0.15) is 0 Å². The van der Waals surface area contributed by atoms with Crippen LogP contribution in [-0.4, -0.2) is 196 Å². The van der Waals surface area contributed by atoms with Crippen LogP contribution in [0, 0.1) is 0 Å². The second kappa shape index (κ2) is 48.2. The van der Waals surface area contributed by atoms with Crippen molar-refractivity contribution >= 4 is 111 Å². The Labute approximate surface area is 720 Å². The van der Waals surface area contributed by atoms with Crippen LogP contribution >= 0.6 is 69.6 Å². The minimum absolute atomic E-state index is 0.0258. The van der Waals surface area contributed by atoms with E-state index in [4.69, 9.17) is 74.3 Å². The summed E-state index contributed by atoms with van der Waals surface area (Å²) in [7, 11) is 0. The summed E-state index contributed by atoms with van der Waals surface area (Å²) in [5, 5.41) is 28.9. The molecule has 4 fully saturated rings. The molecule has 0 radical (unpaired) electrons. The number of para-hydroxylation sites is 1. The molecule has 4 aliphatic rings. The predicted molar refractivity (Wildman–Crippen MR) is 475 cm³/mol. The zero-order valence-corrected chi connectivity index (χ0v) is 71.7. The van der Waals surface area contributed by atoms with E-state index >= 15 is 0 Å². The van der Waals surface area contributed by atoms with Crippen LogP contribution in [0.2, 0.25) is 30.1 Å². The molecule has 8 aromatic carbocycles. The van der Waals surface area contributed by atoms with E-state index in [0.717, 1.165) is 83.6 Å². The highest BCUT2D eigenvalue weighted by atomic mass is 35.5. The van der Waals surface area contributed by atoms with Gasteiger partial charge < -0.3 is 62.0 Å². The van der Waals surface area contributed by atoms with Crippen molar-refractivity contribution < 1.29 is 33.5 Å². The molecular weight excluding hydrogens is 1600 g/mol. The summed E-state index contributed by atoms with van der Waals surface area (Å²) in [6.45, 7) is 17.9. The molecule has 25 heteroatoms. The van der Waals surface area contributed by atoms with Crippen molar-refractivity contribution in [2.75, 3.05) is 110 Å². The van der Waals surface area contributed by atoms with Crippen LogP contribution in [0.25, 0.3) is 0 Å². The van der Waals surface area contributed by atoms with Crippen LogP contribution in [0.1, 0.15) is 150 Å². The monoisotopic (exact) mass is 1710 g/mol. The Morgan fingerprint density at radius 1 is 0.410 bits per heavy atom. The molecule has 4 aliphatic heterocycles. The van der Waals surface area contributed by atoms with Gasteiger partial charge in [-0.3, -0.25) is 33.7 Å². The molecule has 9 atom stereocenters. The minimum atomic E-state index is -0.358. The van der Waals surface area contributed by atoms with Gasteiger partial charge in [-0.1, -0.05) is 230 Å². The Kier molecular flexibility index (Phi) is 37.6. The number of anilines is 1. The Bertz CT molecular complexity index is 4410. The minimum Gasteiger partial charge on any atom is -0.385 e. The molecule has 4 saturated heterocycles. The van der Waals surface area contributed by atoms with Gasteiger partial charge in [-0.05, 0) is 153 Å². The fourth-order valence-electron chi connectivity index (χ4n) is 15.3. The number of nitrogens with zero attached hydrogens (tertiary/aromatic N) is 4. The lowest BCUT2D eigenvalue weighted by atomic mass is 9.95. The molecule has 0 spiro atoms. The number of hydrogen-bond donors (Lipinski definition) is 8. The Balaban J connectivity index is 0.000000185. The fourth-order valence-corrected chi connectivity index (χ4v) is 16.2. The highest BCUT2D eigenvalue weighted by Crippen LogP contribution is 2.30. The molecule has 19 nitrogen and oxygen atoms in total. The molecule has 8 aromatic rings. The number of carbonyl (C=O) groups is 6. The number of rotatable bonds is 33. The molecule has 0 aliphatic carbocycles. The highest BCUT2D eigenvalue weighted by Gasteiger charge is 2.36. The first-order valence-corrected chi connectivity index (χ1v) is 43.4. The molecule has 0 bridgehead atoms. The van der Waals surface area contributed by atoms with Gasteiger partial charge in [0.2, 0.25) is 17.7 Å². The van der Waals surface area contributed by atoms with Gasteiger partial charge in [0.25, 0.3) is 17.7 Å². The first-order chi connectivity index (χ1) is 56.8. The molecule has 0 aromatic heterocycles. The smallest absolute Gasteiger partial charge is 0.251 e. The van der Waals surface area contributed by atoms with Crippen LogP contribution < -0.4 is 42.5 Å². The van der Waals surface area contributed by atoms with Gasteiger partial charge >= 0.3 is 0 Å². The molecule has 8 N–H and O–H groups in total. The van der Waals surface area contributed by atoms with E-state index in [1.165, 1.54) is 22.3 Å². The highest BCUT2D eigenvalue weighted by molar-refractivity contribution is 6.43. The SMILES string of the molecule is CC[C@H](CN1CC[C@@H](CNC(=O)c2ccc(Cl)c(Cl)c2)N[C@@H](CCN2CCOCC2)C1=O)c1ccccc1.CC[C@H](CN1CC[C@@H](CNC(=O)c2ccc(Cl)c(Cl)c2)N[C@@H](CCNCc2ccccc2)C1=O)c1ccccc1.CC[C@H](CN1CC[C@@H](CNC(=O)c2ccc(Cl)c(Cl)c2)N[C@@H](CCNc2ccccc2)C1=O)c1ccccc1. The lowest BCUT2D eigenvalue weighted by Gasteiger charge is -2.31.